The first-order valence-electron chi connectivity index (χ1n) is 5.08. The molecule has 0 unspecified atom stereocenters. The minimum atomic E-state index is 0.0858. The normalized spacial score (nSPS) is 11.7. The quantitative estimate of drug-likeness (QED) is 0.774. The molecule has 0 spiro atoms. The van der Waals surface area contributed by atoms with Crippen molar-refractivity contribution >= 4 is 11.5 Å². The van der Waals surface area contributed by atoms with E-state index in [1.54, 1.807) is 4.68 Å². The fourth-order valence-corrected chi connectivity index (χ4v) is 1.32. The molecule has 1 aromatic heterocycles. The molecule has 0 atom stereocenters. The lowest BCUT2D eigenvalue weighted by Gasteiger charge is -2.28. The highest BCUT2D eigenvalue weighted by atomic mass is 15.3. The van der Waals surface area contributed by atoms with Gasteiger partial charge in [0.2, 0.25) is 0 Å². The lowest BCUT2D eigenvalue weighted by atomic mass is 9.96. The SMILES string of the molecule is CCC(C)(CC)Nc1nn(C)cc1N. The van der Waals surface area contributed by atoms with Gasteiger partial charge in [-0.2, -0.15) is 5.10 Å². The number of anilines is 2. The standard InChI is InChI=1S/C10H20N4/c1-5-10(3,6-2)12-9-8(11)7-14(4)13-9/h7H,5-6,11H2,1-4H3,(H,12,13). The molecule has 1 aromatic rings. The average molecular weight is 196 g/mol. The highest BCUT2D eigenvalue weighted by molar-refractivity contribution is 5.60. The smallest absolute Gasteiger partial charge is 0.171 e. The van der Waals surface area contributed by atoms with Gasteiger partial charge in [-0.1, -0.05) is 13.8 Å². The topological polar surface area (TPSA) is 55.9 Å². The van der Waals surface area contributed by atoms with Crippen LogP contribution in [0.25, 0.3) is 0 Å². The Labute approximate surface area is 85.5 Å². The van der Waals surface area contributed by atoms with E-state index in [0.717, 1.165) is 18.7 Å². The van der Waals surface area contributed by atoms with Crippen LogP contribution in [0, 0.1) is 0 Å². The van der Waals surface area contributed by atoms with Crippen molar-refractivity contribution in [3.05, 3.63) is 6.20 Å². The van der Waals surface area contributed by atoms with Crippen molar-refractivity contribution < 1.29 is 0 Å². The number of rotatable bonds is 4. The number of aryl methyl sites for hydroxylation is 1. The molecule has 80 valence electrons. The summed E-state index contributed by atoms with van der Waals surface area (Å²) >= 11 is 0. The summed E-state index contributed by atoms with van der Waals surface area (Å²) in [5.41, 5.74) is 6.61. The van der Waals surface area contributed by atoms with Crippen molar-refractivity contribution in [2.45, 2.75) is 39.2 Å². The first-order valence-corrected chi connectivity index (χ1v) is 5.08. The van der Waals surface area contributed by atoms with E-state index in [4.69, 9.17) is 5.73 Å². The van der Waals surface area contributed by atoms with Gasteiger partial charge in [0.25, 0.3) is 0 Å². The molecule has 1 heterocycles. The van der Waals surface area contributed by atoms with Crippen molar-refractivity contribution in [3.8, 4) is 0 Å². The maximum absolute atomic E-state index is 5.81. The van der Waals surface area contributed by atoms with E-state index in [9.17, 15) is 0 Å². The van der Waals surface area contributed by atoms with Gasteiger partial charge in [-0.25, -0.2) is 0 Å². The van der Waals surface area contributed by atoms with Crippen LogP contribution in [0.1, 0.15) is 33.6 Å². The Morgan fingerprint density at radius 1 is 1.50 bits per heavy atom. The third kappa shape index (κ3) is 2.19. The second-order valence-electron chi connectivity index (χ2n) is 4.00. The summed E-state index contributed by atoms with van der Waals surface area (Å²) in [6, 6.07) is 0. The summed E-state index contributed by atoms with van der Waals surface area (Å²) in [7, 11) is 1.87. The zero-order chi connectivity index (χ0) is 10.8. The molecule has 0 amide bonds. The zero-order valence-corrected chi connectivity index (χ0v) is 9.46. The number of nitrogens with two attached hydrogens (primary N) is 1. The molecule has 3 N–H and O–H groups in total. The third-order valence-corrected chi connectivity index (χ3v) is 2.84. The van der Waals surface area contributed by atoms with E-state index in [2.05, 4.69) is 31.2 Å². The van der Waals surface area contributed by atoms with Gasteiger partial charge in [0, 0.05) is 18.8 Å². The summed E-state index contributed by atoms with van der Waals surface area (Å²) in [6.45, 7) is 6.51. The van der Waals surface area contributed by atoms with Crippen molar-refractivity contribution in [2.24, 2.45) is 7.05 Å². The Kier molecular flexibility index (Phi) is 3.03. The number of nitrogens with zero attached hydrogens (tertiary/aromatic N) is 2. The molecular formula is C10H20N4. The summed E-state index contributed by atoms with van der Waals surface area (Å²) in [4.78, 5) is 0. The number of aromatic nitrogens is 2. The highest BCUT2D eigenvalue weighted by Crippen LogP contribution is 2.24. The lowest BCUT2D eigenvalue weighted by molar-refractivity contribution is 0.476. The van der Waals surface area contributed by atoms with Crippen LogP contribution in [0.2, 0.25) is 0 Å². The van der Waals surface area contributed by atoms with Gasteiger partial charge < -0.3 is 11.1 Å². The summed E-state index contributed by atoms with van der Waals surface area (Å²) < 4.78 is 1.73. The molecule has 0 bridgehead atoms. The van der Waals surface area contributed by atoms with Crippen LogP contribution >= 0.6 is 0 Å². The Bertz CT molecular complexity index is 299. The lowest BCUT2D eigenvalue weighted by Crippen LogP contribution is -2.33. The van der Waals surface area contributed by atoms with Crippen molar-refractivity contribution in [2.75, 3.05) is 11.1 Å². The van der Waals surface area contributed by atoms with E-state index in [1.165, 1.54) is 0 Å². The van der Waals surface area contributed by atoms with E-state index in [1.807, 2.05) is 13.2 Å². The minimum Gasteiger partial charge on any atom is -0.394 e. The van der Waals surface area contributed by atoms with Gasteiger partial charge in [-0.15, -0.1) is 0 Å². The van der Waals surface area contributed by atoms with Crippen LogP contribution in [0.3, 0.4) is 0 Å². The van der Waals surface area contributed by atoms with E-state index < -0.39 is 0 Å². The van der Waals surface area contributed by atoms with Crippen molar-refractivity contribution in [3.63, 3.8) is 0 Å². The Morgan fingerprint density at radius 2 is 2.07 bits per heavy atom. The molecule has 0 fully saturated rings. The third-order valence-electron chi connectivity index (χ3n) is 2.84. The maximum atomic E-state index is 5.81. The van der Waals surface area contributed by atoms with Gasteiger partial charge >= 0.3 is 0 Å². The summed E-state index contributed by atoms with van der Waals surface area (Å²) in [5.74, 6) is 0.790. The fourth-order valence-electron chi connectivity index (χ4n) is 1.32. The summed E-state index contributed by atoms with van der Waals surface area (Å²) in [5, 5.41) is 7.66. The average Bonchev–Trinajstić information content (AvgIpc) is 2.45. The first kappa shape index (κ1) is 10.9. The van der Waals surface area contributed by atoms with Crippen LogP contribution in [0.4, 0.5) is 11.5 Å². The van der Waals surface area contributed by atoms with Gasteiger partial charge in [0.15, 0.2) is 5.82 Å². The van der Waals surface area contributed by atoms with Crippen LogP contribution in [0.5, 0.6) is 0 Å². The molecule has 1 rings (SSSR count). The molecule has 0 aromatic carbocycles. The summed E-state index contributed by atoms with van der Waals surface area (Å²) in [6.07, 6.45) is 3.92. The van der Waals surface area contributed by atoms with E-state index in [0.29, 0.717) is 5.69 Å². The number of nitrogen functional groups attached to an aromatic ring is 1. The molecule has 0 saturated heterocycles. The Balaban J connectivity index is 2.81. The van der Waals surface area contributed by atoms with Crippen LogP contribution in [-0.4, -0.2) is 15.3 Å². The zero-order valence-electron chi connectivity index (χ0n) is 9.46. The molecule has 0 saturated carbocycles. The van der Waals surface area contributed by atoms with Gasteiger partial charge in [0.1, 0.15) is 0 Å². The van der Waals surface area contributed by atoms with Crippen LogP contribution in [-0.2, 0) is 7.05 Å². The van der Waals surface area contributed by atoms with Crippen molar-refractivity contribution in [1.82, 2.24) is 9.78 Å². The Morgan fingerprint density at radius 3 is 2.43 bits per heavy atom. The molecule has 4 heteroatoms. The molecule has 4 nitrogen and oxygen atoms in total. The largest absolute Gasteiger partial charge is 0.394 e. The van der Waals surface area contributed by atoms with Crippen LogP contribution < -0.4 is 11.1 Å². The molecule has 0 aliphatic rings. The number of nitrogens with one attached hydrogen (secondary N) is 1. The molecular weight excluding hydrogens is 176 g/mol. The Hall–Kier alpha value is -1.19. The number of hydrogen-bond donors (Lipinski definition) is 2. The maximum Gasteiger partial charge on any atom is 0.171 e. The van der Waals surface area contributed by atoms with Gasteiger partial charge in [0.05, 0.1) is 5.69 Å². The monoisotopic (exact) mass is 196 g/mol. The predicted molar refractivity (Wildman–Crippen MR) is 60.2 cm³/mol. The molecule has 0 aliphatic carbocycles. The highest BCUT2D eigenvalue weighted by Gasteiger charge is 2.21. The molecule has 14 heavy (non-hydrogen) atoms. The number of hydrogen-bond acceptors (Lipinski definition) is 3. The van der Waals surface area contributed by atoms with Gasteiger partial charge in [-0.3, -0.25) is 4.68 Å². The predicted octanol–water partition coefficient (Wildman–Crippen LogP) is 1.99. The second-order valence-corrected chi connectivity index (χ2v) is 4.00. The minimum absolute atomic E-state index is 0.0858. The van der Waals surface area contributed by atoms with E-state index >= 15 is 0 Å². The van der Waals surface area contributed by atoms with E-state index in [-0.39, 0.29) is 5.54 Å². The van der Waals surface area contributed by atoms with Crippen LogP contribution in [0.15, 0.2) is 6.20 Å². The first-order chi connectivity index (χ1) is 6.50. The molecule has 0 aliphatic heterocycles. The molecule has 0 radical (unpaired) electrons. The second kappa shape index (κ2) is 3.90. The van der Waals surface area contributed by atoms with Gasteiger partial charge in [-0.05, 0) is 19.8 Å². The van der Waals surface area contributed by atoms with Crippen molar-refractivity contribution in [1.29, 1.82) is 0 Å². The fraction of sp³-hybridized carbons (Fsp3) is 0.700.